The lowest BCUT2D eigenvalue weighted by molar-refractivity contribution is -0.143. The van der Waals surface area contributed by atoms with E-state index in [2.05, 4.69) is 31.3 Å². The quantitative estimate of drug-likeness (QED) is 0.0320. The molecule has 0 saturated heterocycles. The summed E-state index contributed by atoms with van der Waals surface area (Å²) in [6.07, 6.45) is 97.3. The predicted molar refractivity (Wildman–Crippen MR) is 380 cm³/mol. The fraction of sp³-hybridized carbons (Fsp3) is 0.925. The fourth-order valence-electron chi connectivity index (χ4n) is 12.7. The van der Waals surface area contributed by atoms with Gasteiger partial charge in [-0.2, -0.15) is 0 Å². The van der Waals surface area contributed by atoms with E-state index < -0.39 is 12.1 Å². The van der Waals surface area contributed by atoms with Crippen molar-refractivity contribution in [1.82, 2.24) is 5.32 Å². The van der Waals surface area contributed by atoms with E-state index >= 15 is 0 Å². The lowest BCUT2D eigenvalue weighted by Gasteiger charge is -2.20. The minimum absolute atomic E-state index is 0.0229. The summed E-state index contributed by atoms with van der Waals surface area (Å²) in [6, 6.07) is -0.626. The number of nitrogens with one attached hydrogen (secondary N) is 1. The summed E-state index contributed by atoms with van der Waals surface area (Å²) < 4.78 is 5.51. The van der Waals surface area contributed by atoms with Crippen LogP contribution in [0.25, 0.3) is 0 Å². The van der Waals surface area contributed by atoms with Gasteiger partial charge in [0, 0.05) is 12.8 Å². The van der Waals surface area contributed by atoms with E-state index in [1.165, 1.54) is 385 Å². The van der Waals surface area contributed by atoms with Gasteiger partial charge in [-0.25, -0.2) is 0 Å². The Balaban J connectivity index is 3.36. The van der Waals surface area contributed by atoms with Crippen LogP contribution < -0.4 is 5.32 Å². The molecule has 86 heavy (non-hydrogen) atoms. The van der Waals surface area contributed by atoms with Crippen molar-refractivity contribution in [2.75, 3.05) is 13.2 Å². The maximum atomic E-state index is 12.5. The number of aliphatic hydroxyl groups is 2. The standard InChI is InChI=1S/C80H155NO5/c1-3-5-7-9-11-13-15-17-19-21-22-38-41-44-48-52-56-60-64-68-72-78(83)77(76-82)81-79(84)73-69-65-61-57-53-49-45-42-39-36-34-32-30-28-26-24-23-25-27-29-31-33-35-37-40-43-47-51-55-59-63-67-71-75-86-80(85)74-70-66-62-58-54-50-46-20-18-16-14-12-10-8-6-4-2/h27,29,68,72,77-78,82-83H,3-26,28,30-67,69-71,73-76H2,1-2H3,(H,81,84)/b29-27-,72-68+. The molecule has 0 aliphatic carbocycles. The van der Waals surface area contributed by atoms with Gasteiger partial charge in [-0.15, -0.1) is 0 Å². The van der Waals surface area contributed by atoms with E-state index in [1.807, 2.05) is 6.08 Å². The number of amides is 1. The number of hydrogen-bond donors (Lipinski definition) is 3. The van der Waals surface area contributed by atoms with Crippen molar-refractivity contribution in [3.8, 4) is 0 Å². The highest BCUT2D eigenvalue weighted by Gasteiger charge is 2.18. The Kier molecular flexibility index (Phi) is 74.3. The first kappa shape index (κ1) is 84.3. The van der Waals surface area contributed by atoms with E-state index in [0.717, 1.165) is 38.5 Å². The molecule has 0 bridgehead atoms. The summed E-state index contributed by atoms with van der Waals surface area (Å²) >= 11 is 0. The van der Waals surface area contributed by atoms with Gasteiger partial charge in [0.15, 0.2) is 0 Å². The molecule has 0 saturated carbocycles. The van der Waals surface area contributed by atoms with E-state index in [-0.39, 0.29) is 18.5 Å². The van der Waals surface area contributed by atoms with Crippen LogP contribution in [0.2, 0.25) is 0 Å². The molecule has 0 aromatic rings. The number of allylic oxidation sites excluding steroid dienone is 3. The molecule has 0 aromatic carbocycles. The van der Waals surface area contributed by atoms with Crippen molar-refractivity contribution >= 4 is 11.9 Å². The lowest BCUT2D eigenvalue weighted by atomic mass is 10.0. The number of hydrogen-bond acceptors (Lipinski definition) is 5. The maximum absolute atomic E-state index is 12.5. The van der Waals surface area contributed by atoms with E-state index in [4.69, 9.17) is 4.74 Å². The first-order chi connectivity index (χ1) is 42.5. The first-order valence-electron chi connectivity index (χ1n) is 39.6. The van der Waals surface area contributed by atoms with Crippen molar-refractivity contribution in [3.05, 3.63) is 24.3 Å². The summed E-state index contributed by atoms with van der Waals surface area (Å²) in [6.45, 7) is 4.96. The molecule has 3 N–H and O–H groups in total. The number of aliphatic hydroxyl groups excluding tert-OH is 2. The Hall–Kier alpha value is -1.66. The van der Waals surface area contributed by atoms with Crippen molar-refractivity contribution in [2.45, 2.75) is 463 Å². The molecule has 6 nitrogen and oxygen atoms in total. The van der Waals surface area contributed by atoms with Gasteiger partial charge in [0.2, 0.25) is 5.91 Å². The number of rotatable bonds is 75. The average molecular weight is 1210 g/mol. The van der Waals surface area contributed by atoms with Crippen LogP contribution in [0.4, 0.5) is 0 Å². The van der Waals surface area contributed by atoms with Crippen LogP contribution >= 0.6 is 0 Å². The van der Waals surface area contributed by atoms with Crippen LogP contribution in [0.1, 0.15) is 450 Å². The van der Waals surface area contributed by atoms with Crippen molar-refractivity contribution in [3.63, 3.8) is 0 Å². The third-order valence-electron chi connectivity index (χ3n) is 18.7. The Morgan fingerprint density at radius 2 is 0.547 bits per heavy atom. The molecule has 0 aromatic heterocycles. The number of ether oxygens (including phenoxy) is 1. The minimum Gasteiger partial charge on any atom is -0.466 e. The summed E-state index contributed by atoms with van der Waals surface area (Å²) in [5.74, 6) is -0.0374. The zero-order valence-electron chi connectivity index (χ0n) is 58.6. The number of carbonyl (C=O) groups excluding carboxylic acids is 2. The third kappa shape index (κ3) is 71.4. The van der Waals surface area contributed by atoms with Crippen LogP contribution in [-0.2, 0) is 14.3 Å². The highest BCUT2D eigenvalue weighted by Crippen LogP contribution is 2.20. The van der Waals surface area contributed by atoms with Gasteiger partial charge in [-0.05, 0) is 57.8 Å². The highest BCUT2D eigenvalue weighted by atomic mass is 16.5. The van der Waals surface area contributed by atoms with Crippen molar-refractivity contribution in [1.29, 1.82) is 0 Å². The zero-order chi connectivity index (χ0) is 62.0. The van der Waals surface area contributed by atoms with E-state index in [9.17, 15) is 19.8 Å². The van der Waals surface area contributed by atoms with Crippen LogP contribution in [0.15, 0.2) is 24.3 Å². The van der Waals surface area contributed by atoms with Gasteiger partial charge in [0.1, 0.15) is 0 Å². The molecule has 2 unspecified atom stereocenters. The highest BCUT2D eigenvalue weighted by molar-refractivity contribution is 5.76. The van der Waals surface area contributed by atoms with Crippen LogP contribution in [0.3, 0.4) is 0 Å². The molecule has 0 fully saturated rings. The fourth-order valence-corrected chi connectivity index (χ4v) is 12.7. The summed E-state index contributed by atoms with van der Waals surface area (Å²) in [5.41, 5.74) is 0. The normalized spacial score (nSPS) is 12.6. The Labute approximate surface area is 539 Å². The maximum Gasteiger partial charge on any atom is 0.305 e. The second-order valence-corrected chi connectivity index (χ2v) is 27.4. The van der Waals surface area contributed by atoms with Gasteiger partial charge >= 0.3 is 5.97 Å². The molecule has 0 spiro atoms. The number of esters is 1. The summed E-state index contributed by atoms with van der Waals surface area (Å²) in [5, 5.41) is 23.3. The third-order valence-corrected chi connectivity index (χ3v) is 18.7. The molecule has 510 valence electrons. The van der Waals surface area contributed by atoms with Gasteiger partial charge in [0.05, 0.1) is 25.4 Å². The Morgan fingerprint density at radius 3 is 0.826 bits per heavy atom. The number of carbonyl (C=O) groups is 2. The lowest BCUT2D eigenvalue weighted by Crippen LogP contribution is -2.45. The molecule has 0 heterocycles. The Morgan fingerprint density at radius 1 is 0.314 bits per heavy atom. The van der Waals surface area contributed by atoms with Crippen molar-refractivity contribution in [2.24, 2.45) is 0 Å². The monoisotopic (exact) mass is 1210 g/mol. The molecular weight excluding hydrogens is 1050 g/mol. The Bertz CT molecular complexity index is 1350. The number of unbranched alkanes of at least 4 members (excludes halogenated alkanes) is 62. The summed E-state index contributed by atoms with van der Waals surface area (Å²) in [4.78, 5) is 24.6. The predicted octanol–water partition coefficient (Wildman–Crippen LogP) is 26.0. The van der Waals surface area contributed by atoms with Gasteiger partial charge in [-0.1, -0.05) is 404 Å². The molecule has 2 atom stereocenters. The van der Waals surface area contributed by atoms with Crippen molar-refractivity contribution < 1.29 is 24.5 Å². The van der Waals surface area contributed by atoms with Crippen LogP contribution in [0.5, 0.6) is 0 Å². The molecule has 0 radical (unpaired) electrons. The smallest absolute Gasteiger partial charge is 0.305 e. The van der Waals surface area contributed by atoms with E-state index in [0.29, 0.717) is 19.4 Å². The minimum atomic E-state index is -0.843. The topological polar surface area (TPSA) is 95.9 Å². The summed E-state index contributed by atoms with van der Waals surface area (Å²) in [7, 11) is 0. The average Bonchev–Trinajstić information content (AvgIpc) is 3.61. The largest absolute Gasteiger partial charge is 0.466 e. The van der Waals surface area contributed by atoms with Gasteiger partial charge < -0.3 is 20.3 Å². The van der Waals surface area contributed by atoms with Crippen LogP contribution in [-0.4, -0.2) is 47.4 Å². The van der Waals surface area contributed by atoms with Crippen LogP contribution in [0, 0.1) is 0 Å². The SMILES string of the molecule is CCCCCCCCCCCCCCCCCCCC/C=C/C(O)C(CO)NC(=O)CCCCCCCCCCCCCCCCCCC/C=C\CCCCCCCCCCCCCCOC(=O)CCCCCCCCCCCCCCCCCC. The zero-order valence-corrected chi connectivity index (χ0v) is 58.6. The van der Waals surface area contributed by atoms with Gasteiger partial charge in [0.25, 0.3) is 0 Å². The second-order valence-electron chi connectivity index (χ2n) is 27.4. The second kappa shape index (κ2) is 75.8. The van der Waals surface area contributed by atoms with E-state index in [1.54, 1.807) is 6.08 Å². The molecule has 6 heteroatoms. The molecule has 0 rings (SSSR count). The molecular formula is C80H155NO5. The molecule has 0 aliphatic rings. The van der Waals surface area contributed by atoms with Gasteiger partial charge in [-0.3, -0.25) is 9.59 Å². The molecule has 1 amide bonds. The first-order valence-corrected chi connectivity index (χ1v) is 39.6. The molecule has 0 aliphatic heterocycles.